The molecule has 0 aliphatic carbocycles. The molecule has 29 heavy (non-hydrogen) atoms. The van der Waals surface area contributed by atoms with E-state index >= 15 is 0 Å². The zero-order chi connectivity index (χ0) is 20.8. The van der Waals surface area contributed by atoms with Gasteiger partial charge in [-0.05, 0) is 20.3 Å². The first-order valence-electron chi connectivity index (χ1n) is 10.3. The van der Waals surface area contributed by atoms with Crippen molar-refractivity contribution in [1.82, 2.24) is 29.5 Å². The van der Waals surface area contributed by atoms with Gasteiger partial charge in [-0.1, -0.05) is 27.7 Å². The van der Waals surface area contributed by atoms with Crippen LogP contribution < -0.4 is 9.80 Å². The molecule has 4 heterocycles. The predicted molar refractivity (Wildman–Crippen MR) is 115 cm³/mol. The Kier molecular flexibility index (Phi) is 4.88. The summed E-state index contributed by atoms with van der Waals surface area (Å²) in [6, 6.07) is 2.14. The quantitative estimate of drug-likeness (QED) is 0.676. The van der Waals surface area contributed by atoms with Gasteiger partial charge in [0.2, 0.25) is 0 Å². The Morgan fingerprint density at radius 3 is 2.31 bits per heavy atom. The van der Waals surface area contributed by atoms with Gasteiger partial charge in [0.1, 0.15) is 23.8 Å². The average molecular weight is 395 g/mol. The Morgan fingerprint density at radius 2 is 1.66 bits per heavy atom. The van der Waals surface area contributed by atoms with Crippen molar-refractivity contribution in [3.8, 4) is 0 Å². The molecule has 0 aromatic carbocycles. The lowest BCUT2D eigenvalue weighted by molar-refractivity contribution is 0.538. The van der Waals surface area contributed by atoms with Crippen LogP contribution in [0.2, 0.25) is 0 Å². The molecule has 154 valence electrons. The number of piperazine rings is 1. The zero-order valence-corrected chi connectivity index (χ0v) is 18.3. The molecular weight excluding hydrogens is 364 g/mol. The summed E-state index contributed by atoms with van der Waals surface area (Å²) < 4.78 is 1.86. The molecule has 1 aliphatic rings. The third kappa shape index (κ3) is 3.63. The first-order chi connectivity index (χ1) is 13.8. The van der Waals surface area contributed by atoms with E-state index in [1.165, 1.54) is 0 Å². The van der Waals surface area contributed by atoms with Crippen LogP contribution in [-0.2, 0) is 11.8 Å². The van der Waals surface area contributed by atoms with E-state index in [-0.39, 0.29) is 5.41 Å². The van der Waals surface area contributed by atoms with Crippen molar-refractivity contribution in [2.24, 2.45) is 0 Å². The highest BCUT2D eigenvalue weighted by Gasteiger charge is 2.25. The maximum absolute atomic E-state index is 4.91. The van der Waals surface area contributed by atoms with Gasteiger partial charge in [-0.3, -0.25) is 0 Å². The van der Waals surface area contributed by atoms with E-state index in [2.05, 4.69) is 65.6 Å². The van der Waals surface area contributed by atoms with E-state index in [0.29, 0.717) is 5.78 Å². The van der Waals surface area contributed by atoms with Crippen molar-refractivity contribution in [2.75, 3.05) is 36.0 Å². The molecule has 1 aliphatic heterocycles. The summed E-state index contributed by atoms with van der Waals surface area (Å²) in [7, 11) is 0. The SMILES string of the molecule is CCc1cc(N2CCN(c3c(C)c(C)nc4ncnn34)CC2)nc(C(C)(C)C)n1. The highest BCUT2D eigenvalue weighted by molar-refractivity contribution is 5.55. The normalized spacial score (nSPS) is 15.4. The number of aryl methyl sites for hydroxylation is 2. The van der Waals surface area contributed by atoms with Gasteiger partial charge in [0.25, 0.3) is 5.78 Å². The first kappa shape index (κ1) is 19.5. The maximum atomic E-state index is 4.91. The summed E-state index contributed by atoms with van der Waals surface area (Å²) in [6.07, 6.45) is 2.49. The second-order valence-corrected chi connectivity index (χ2v) is 8.74. The molecule has 0 unspecified atom stereocenters. The van der Waals surface area contributed by atoms with Gasteiger partial charge in [-0.15, -0.1) is 0 Å². The minimum Gasteiger partial charge on any atom is -0.353 e. The van der Waals surface area contributed by atoms with Gasteiger partial charge in [0.05, 0.1) is 0 Å². The average Bonchev–Trinajstić information content (AvgIpc) is 3.15. The van der Waals surface area contributed by atoms with Crippen LogP contribution in [0.5, 0.6) is 0 Å². The molecule has 1 fully saturated rings. The topological polar surface area (TPSA) is 75.3 Å². The Morgan fingerprint density at radius 1 is 0.966 bits per heavy atom. The Labute approximate surface area is 172 Å². The number of fused-ring (bicyclic) bond motifs is 1. The minimum atomic E-state index is -0.0634. The largest absolute Gasteiger partial charge is 0.353 e. The smallest absolute Gasteiger partial charge is 0.254 e. The van der Waals surface area contributed by atoms with Crippen LogP contribution in [0.25, 0.3) is 5.78 Å². The van der Waals surface area contributed by atoms with Gasteiger partial charge < -0.3 is 9.80 Å². The molecular formula is C21H30N8. The molecule has 3 aromatic rings. The van der Waals surface area contributed by atoms with Crippen molar-refractivity contribution < 1.29 is 0 Å². The molecule has 0 spiro atoms. The third-order valence-electron chi connectivity index (χ3n) is 5.58. The van der Waals surface area contributed by atoms with E-state index < -0.39 is 0 Å². The summed E-state index contributed by atoms with van der Waals surface area (Å²) in [5.74, 6) is 3.70. The van der Waals surface area contributed by atoms with Crippen molar-refractivity contribution in [3.05, 3.63) is 35.2 Å². The van der Waals surface area contributed by atoms with Crippen LogP contribution in [0.4, 0.5) is 11.6 Å². The molecule has 3 aromatic heterocycles. The van der Waals surface area contributed by atoms with Gasteiger partial charge in [-0.2, -0.15) is 14.6 Å². The fourth-order valence-corrected chi connectivity index (χ4v) is 3.70. The van der Waals surface area contributed by atoms with Crippen LogP contribution in [0.15, 0.2) is 12.4 Å². The van der Waals surface area contributed by atoms with E-state index in [4.69, 9.17) is 9.97 Å². The number of nitrogens with zero attached hydrogens (tertiary/aromatic N) is 8. The molecule has 8 heteroatoms. The molecule has 0 radical (unpaired) electrons. The van der Waals surface area contributed by atoms with Gasteiger partial charge in [0.15, 0.2) is 0 Å². The number of anilines is 2. The summed E-state index contributed by atoms with van der Waals surface area (Å²) in [5, 5.41) is 4.40. The molecule has 1 saturated heterocycles. The highest BCUT2D eigenvalue weighted by Crippen LogP contribution is 2.26. The van der Waals surface area contributed by atoms with E-state index in [1.807, 2.05) is 11.4 Å². The molecule has 0 amide bonds. The zero-order valence-electron chi connectivity index (χ0n) is 18.3. The minimum absolute atomic E-state index is 0.0634. The predicted octanol–water partition coefficient (Wildman–Crippen LogP) is 2.72. The summed E-state index contributed by atoms with van der Waals surface area (Å²) >= 11 is 0. The number of rotatable bonds is 3. The van der Waals surface area contributed by atoms with E-state index in [1.54, 1.807) is 6.33 Å². The highest BCUT2D eigenvalue weighted by atomic mass is 15.4. The van der Waals surface area contributed by atoms with E-state index in [0.717, 1.165) is 67.0 Å². The number of hydrogen-bond acceptors (Lipinski definition) is 7. The van der Waals surface area contributed by atoms with E-state index in [9.17, 15) is 0 Å². The fourth-order valence-electron chi connectivity index (χ4n) is 3.70. The molecule has 8 nitrogen and oxygen atoms in total. The third-order valence-corrected chi connectivity index (χ3v) is 5.58. The lowest BCUT2D eigenvalue weighted by Gasteiger charge is -2.37. The summed E-state index contributed by atoms with van der Waals surface area (Å²) in [6.45, 7) is 16.4. The van der Waals surface area contributed by atoms with Crippen LogP contribution in [0, 0.1) is 13.8 Å². The Balaban J connectivity index is 1.60. The maximum Gasteiger partial charge on any atom is 0.254 e. The van der Waals surface area contributed by atoms with Crippen molar-refractivity contribution >= 4 is 17.4 Å². The fraction of sp³-hybridized carbons (Fsp3) is 0.571. The molecule has 0 bridgehead atoms. The molecule has 0 N–H and O–H groups in total. The monoisotopic (exact) mass is 394 g/mol. The number of hydrogen-bond donors (Lipinski definition) is 0. The lowest BCUT2D eigenvalue weighted by Crippen LogP contribution is -2.48. The van der Waals surface area contributed by atoms with Crippen LogP contribution in [0.1, 0.15) is 50.5 Å². The number of aromatic nitrogens is 6. The van der Waals surface area contributed by atoms with Crippen molar-refractivity contribution in [2.45, 2.75) is 53.4 Å². The van der Waals surface area contributed by atoms with Gasteiger partial charge >= 0.3 is 0 Å². The van der Waals surface area contributed by atoms with Crippen LogP contribution in [0.3, 0.4) is 0 Å². The Bertz CT molecular complexity index is 1030. The van der Waals surface area contributed by atoms with Crippen molar-refractivity contribution in [1.29, 1.82) is 0 Å². The first-order valence-corrected chi connectivity index (χ1v) is 10.3. The molecule has 4 rings (SSSR count). The standard InChI is InChI=1S/C21H30N8/c1-7-16-12-17(26-19(25-16)21(4,5)6)27-8-10-28(11-9-27)18-14(2)15(3)24-20-22-13-23-29(18)20/h12-13H,7-11H2,1-6H3. The van der Waals surface area contributed by atoms with Gasteiger partial charge in [-0.25, -0.2) is 15.0 Å². The van der Waals surface area contributed by atoms with Crippen LogP contribution in [-0.4, -0.2) is 55.7 Å². The summed E-state index contributed by atoms with van der Waals surface area (Å²) in [4.78, 5) is 23.2. The second-order valence-electron chi connectivity index (χ2n) is 8.74. The Hall–Kier alpha value is -2.77. The summed E-state index contributed by atoms with van der Waals surface area (Å²) in [5.41, 5.74) is 3.20. The molecule has 0 saturated carbocycles. The van der Waals surface area contributed by atoms with Crippen LogP contribution >= 0.6 is 0 Å². The van der Waals surface area contributed by atoms with Crippen molar-refractivity contribution in [3.63, 3.8) is 0 Å². The molecule has 0 atom stereocenters. The lowest BCUT2D eigenvalue weighted by atomic mass is 9.95. The van der Waals surface area contributed by atoms with Gasteiger partial charge in [0, 0.05) is 54.6 Å². The second kappa shape index (κ2) is 7.24.